The minimum atomic E-state index is -4.99. The van der Waals surface area contributed by atoms with Crippen LogP contribution in [0.3, 0.4) is 0 Å². The Kier molecular flexibility index (Phi) is 6.91. The Morgan fingerprint density at radius 1 is 0.643 bits per heavy atom. The predicted molar refractivity (Wildman–Crippen MR) is 152 cm³/mol. The van der Waals surface area contributed by atoms with Crippen molar-refractivity contribution in [1.82, 2.24) is 4.13 Å². The van der Waals surface area contributed by atoms with Gasteiger partial charge in [-0.05, 0) is 48.5 Å². The molecule has 0 amide bonds. The molecule has 0 atom stereocenters. The van der Waals surface area contributed by atoms with Crippen LogP contribution in [0.5, 0.6) is 0 Å². The average Bonchev–Trinajstić information content (AvgIpc) is 2.91. The lowest BCUT2D eigenvalue weighted by molar-refractivity contribution is 0.0980. The van der Waals surface area contributed by atoms with Crippen LogP contribution in [0.1, 0.15) is 31.8 Å². The molecule has 0 aliphatic heterocycles. The molecule has 0 saturated carbocycles. The molecule has 0 radical (unpaired) electrons. The zero-order chi connectivity index (χ0) is 30.6. The largest absolute Gasteiger partial charge is 0.399 e. The SMILES string of the molecule is Nc1ccc(S(=O)(=O)NS(=O)(=O)c2cccc(Nc3cc(S(=O)(=O)O)c(N)c4c3C(=O)c3ccccc3C4=O)c2)cc1. The van der Waals surface area contributed by atoms with E-state index in [2.05, 4.69) is 5.32 Å². The molecular formula is C26H20N4O9S3. The number of nitrogens with two attached hydrogens (primary N) is 2. The van der Waals surface area contributed by atoms with E-state index in [0.29, 0.717) is 0 Å². The van der Waals surface area contributed by atoms with E-state index < -0.39 is 62.8 Å². The second-order valence-corrected chi connectivity index (χ2v) is 14.1. The van der Waals surface area contributed by atoms with Gasteiger partial charge in [0.15, 0.2) is 11.6 Å². The molecule has 0 fully saturated rings. The van der Waals surface area contributed by atoms with Crippen molar-refractivity contribution in [3.8, 4) is 0 Å². The van der Waals surface area contributed by atoms with Gasteiger partial charge in [0.1, 0.15) is 4.90 Å². The molecule has 0 bridgehead atoms. The van der Waals surface area contributed by atoms with Crippen molar-refractivity contribution in [3.05, 3.63) is 101 Å². The van der Waals surface area contributed by atoms with Gasteiger partial charge in [0.05, 0.1) is 32.3 Å². The lowest BCUT2D eigenvalue weighted by Crippen LogP contribution is -2.30. The Morgan fingerprint density at radius 3 is 1.81 bits per heavy atom. The normalized spacial score (nSPS) is 13.4. The van der Waals surface area contributed by atoms with Gasteiger partial charge in [-0.3, -0.25) is 14.1 Å². The molecule has 0 saturated heterocycles. The number of carbonyl (C=O) groups is 2. The highest BCUT2D eigenvalue weighted by Crippen LogP contribution is 2.40. The van der Waals surface area contributed by atoms with Crippen LogP contribution in [-0.4, -0.2) is 41.4 Å². The van der Waals surface area contributed by atoms with E-state index in [0.717, 1.165) is 30.3 Å². The number of sulfonamides is 2. The van der Waals surface area contributed by atoms with Crippen molar-refractivity contribution in [2.45, 2.75) is 14.7 Å². The molecular weight excluding hydrogens is 609 g/mol. The summed E-state index contributed by atoms with van der Waals surface area (Å²) < 4.78 is 87.1. The van der Waals surface area contributed by atoms with Crippen LogP contribution in [0.15, 0.2) is 93.5 Å². The number of nitrogen functional groups attached to an aromatic ring is 2. The van der Waals surface area contributed by atoms with Crippen molar-refractivity contribution in [3.63, 3.8) is 0 Å². The highest BCUT2D eigenvalue weighted by Gasteiger charge is 2.36. The van der Waals surface area contributed by atoms with Crippen LogP contribution in [-0.2, 0) is 30.2 Å². The first kappa shape index (κ1) is 28.9. The van der Waals surface area contributed by atoms with Crippen LogP contribution in [0.4, 0.5) is 22.7 Å². The first-order valence-electron chi connectivity index (χ1n) is 11.7. The van der Waals surface area contributed by atoms with Gasteiger partial charge in [-0.15, -0.1) is 4.13 Å². The number of nitrogens with one attached hydrogen (secondary N) is 2. The van der Waals surface area contributed by atoms with Gasteiger partial charge in [0.2, 0.25) is 0 Å². The van der Waals surface area contributed by atoms with Gasteiger partial charge in [-0.25, -0.2) is 16.8 Å². The summed E-state index contributed by atoms with van der Waals surface area (Å²) in [7, 11) is -14.2. The zero-order valence-electron chi connectivity index (χ0n) is 21.1. The molecule has 5 rings (SSSR count). The van der Waals surface area contributed by atoms with Gasteiger partial charge >= 0.3 is 0 Å². The molecule has 42 heavy (non-hydrogen) atoms. The molecule has 4 aromatic carbocycles. The van der Waals surface area contributed by atoms with Crippen molar-refractivity contribution in [2.24, 2.45) is 0 Å². The summed E-state index contributed by atoms with van der Waals surface area (Å²) in [6.07, 6.45) is 0. The summed E-state index contributed by atoms with van der Waals surface area (Å²) >= 11 is 0. The van der Waals surface area contributed by atoms with Gasteiger partial charge in [0.25, 0.3) is 30.2 Å². The van der Waals surface area contributed by atoms with E-state index in [1.54, 1.807) is 4.13 Å². The molecule has 0 aromatic heterocycles. The Labute approximate surface area is 240 Å². The first-order valence-corrected chi connectivity index (χ1v) is 16.1. The van der Waals surface area contributed by atoms with E-state index in [4.69, 9.17) is 11.5 Å². The maximum Gasteiger partial charge on any atom is 0.296 e. The summed E-state index contributed by atoms with van der Waals surface area (Å²) in [5.74, 6) is -1.45. The molecule has 4 aromatic rings. The number of rotatable bonds is 7. The van der Waals surface area contributed by atoms with E-state index in [-0.39, 0.29) is 38.6 Å². The molecule has 216 valence electrons. The predicted octanol–water partition coefficient (Wildman–Crippen LogP) is 2.28. The van der Waals surface area contributed by atoms with Crippen molar-refractivity contribution < 1.29 is 39.4 Å². The van der Waals surface area contributed by atoms with Crippen molar-refractivity contribution in [1.29, 1.82) is 0 Å². The monoisotopic (exact) mass is 628 g/mol. The Hall–Kier alpha value is -4.61. The van der Waals surface area contributed by atoms with Gasteiger partial charge < -0.3 is 16.8 Å². The topological polar surface area (TPSA) is 233 Å². The van der Waals surface area contributed by atoms with Crippen LogP contribution in [0.2, 0.25) is 0 Å². The number of fused-ring (bicyclic) bond motifs is 2. The van der Waals surface area contributed by atoms with E-state index in [1.165, 1.54) is 48.5 Å². The van der Waals surface area contributed by atoms with E-state index >= 15 is 0 Å². The maximum absolute atomic E-state index is 13.5. The van der Waals surface area contributed by atoms with Crippen molar-refractivity contribution >= 4 is 64.5 Å². The summed E-state index contributed by atoms with van der Waals surface area (Å²) in [6, 6.07) is 16.1. The lowest BCUT2D eigenvalue weighted by Gasteiger charge is -2.23. The second kappa shape index (κ2) is 10.0. The van der Waals surface area contributed by atoms with Crippen LogP contribution >= 0.6 is 0 Å². The summed E-state index contributed by atoms with van der Waals surface area (Å²) in [4.78, 5) is 25.1. The molecule has 0 heterocycles. The Morgan fingerprint density at radius 2 is 1.21 bits per heavy atom. The van der Waals surface area contributed by atoms with Gasteiger partial charge in [-0.2, -0.15) is 8.42 Å². The minimum Gasteiger partial charge on any atom is -0.399 e. The summed E-state index contributed by atoms with van der Waals surface area (Å²) in [6.45, 7) is 0. The fourth-order valence-electron chi connectivity index (χ4n) is 4.39. The molecule has 0 unspecified atom stereocenters. The van der Waals surface area contributed by atoms with Crippen LogP contribution in [0.25, 0.3) is 0 Å². The van der Waals surface area contributed by atoms with E-state index in [9.17, 15) is 39.4 Å². The Bertz CT molecular complexity index is 2150. The number of hydrogen-bond acceptors (Lipinski definition) is 11. The fourth-order valence-corrected chi connectivity index (χ4v) is 8.00. The lowest BCUT2D eigenvalue weighted by atomic mass is 9.82. The van der Waals surface area contributed by atoms with Crippen LogP contribution < -0.4 is 20.9 Å². The fraction of sp³-hybridized carbons (Fsp3) is 0. The second-order valence-electron chi connectivity index (χ2n) is 9.08. The third-order valence-corrected chi connectivity index (χ3v) is 10.7. The van der Waals surface area contributed by atoms with Crippen LogP contribution in [0, 0.1) is 0 Å². The molecule has 13 nitrogen and oxygen atoms in total. The number of benzene rings is 4. The minimum absolute atomic E-state index is 0.0189. The highest BCUT2D eigenvalue weighted by atomic mass is 32.3. The molecule has 16 heteroatoms. The maximum atomic E-state index is 13.5. The Balaban J connectivity index is 1.59. The summed E-state index contributed by atoms with van der Waals surface area (Å²) in [5, 5.41) is 2.71. The standard InChI is InChI=1S/C26H20N4O9S3/c27-14-8-10-16(11-9-14)40(33,34)30-41(35,36)17-5-3-4-15(12-17)29-20-13-21(42(37,38)39)24(28)23-22(20)25(31)18-6-1-2-7-19(18)26(23)32/h1-13,29-30H,27-28H2,(H,37,38,39). The molecule has 1 aliphatic carbocycles. The first-order chi connectivity index (χ1) is 19.6. The molecule has 0 spiro atoms. The third-order valence-electron chi connectivity index (χ3n) is 6.31. The third kappa shape index (κ3) is 5.12. The zero-order valence-corrected chi connectivity index (χ0v) is 23.5. The number of ketones is 2. The molecule has 1 aliphatic rings. The quantitative estimate of drug-likeness (QED) is 0.129. The van der Waals surface area contributed by atoms with Crippen molar-refractivity contribution in [2.75, 3.05) is 16.8 Å². The number of carbonyl (C=O) groups excluding carboxylic acids is 2. The smallest absolute Gasteiger partial charge is 0.296 e. The average molecular weight is 629 g/mol. The van der Waals surface area contributed by atoms with E-state index in [1.807, 2.05) is 0 Å². The number of hydrogen-bond donors (Lipinski definition) is 5. The summed E-state index contributed by atoms with van der Waals surface area (Å²) in [5.41, 5.74) is 10.0. The number of anilines is 4. The molecule has 7 N–H and O–H groups in total. The highest BCUT2D eigenvalue weighted by molar-refractivity contribution is 8.04. The van der Waals surface area contributed by atoms with Gasteiger partial charge in [-0.1, -0.05) is 30.3 Å². The van der Waals surface area contributed by atoms with Gasteiger partial charge in [0, 0.05) is 22.5 Å².